The number of fused-ring (bicyclic) bond motifs is 1. The highest BCUT2D eigenvalue weighted by atomic mass is 32.2. The number of aryl methyl sites for hydroxylation is 1. The third kappa shape index (κ3) is 1.94. The summed E-state index contributed by atoms with van der Waals surface area (Å²) < 4.78 is 40.2. The van der Waals surface area contributed by atoms with Crippen LogP contribution in [0.25, 0.3) is 0 Å². The molecule has 0 bridgehead atoms. The maximum atomic E-state index is 13.2. The van der Waals surface area contributed by atoms with Crippen LogP contribution in [0.3, 0.4) is 0 Å². The molecule has 1 aliphatic heterocycles. The molecule has 0 radical (unpaired) electrons. The van der Waals surface area contributed by atoms with E-state index in [1.807, 2.05) is 0 Å². The van der Waals surface area contributed by atoms with Crippen molar-refractivity contribution < 1.29 is 12.8 Å². The Balaban J connectivity index is 1.84. The highest BCUT2D eigenvalue weighted by Crippen LogP contribution is 2.42. The fraction of sp³-hybridized carbons (Fsp3) is 0.500. The average molecular weight is 270 g/mol. The third-order valence-electron chi connectivity index (χ3n) is 3.82. The Labute approximate surface area is 106 Å². The number of piperidine rings is 1. The Morgan fingerprint density at radius 2 is 2.00 bits per heavy atom. The van der Waals surface area contributed by atoms with Crippen molar-refractivity contribution in [2.75, 3.05) is 13.1 Å². The highest BCUT2D eigenvalue weighted by molar-refractivity contribution is 7.89. The molecule has 6 heteroatoms. The summed E-state index contributed by atoms with van der Waals surface area (Å²) >= 11 is 0. The van der Waals surface area contributed by atoms with Crippen LogP contribution in [0.4, 0.5) is 4.39 Å². The summed E-state index contributed by atoms with van der Waals surface area (Å²) in [5, 5.41) is 3.20. The van der Waals surface area contributed by atoms with Gasteiger partial charge in [-0.05, 0) is 49.5 Å². The van der Waals surface area contributed by atoms with Crippen molar-refractivity contribution in [2.24, 2.45) is 11.8 Å². The summed E-state index contributed by atoms with van der Waals surface area (Å²) in [6, 6.07) is 3.84. The van der Waals surface area contributed by atoms with Gasteiger partial charge in [0.15, 0.2) is 0 Å². The van der Waals surface area contributed by atoms with E-state index in [1.54, 1.807) is 6.92 Å². The molecular weight excluding hydrogens is 255 g/mol. The number of hydrogen-bond acceptors (Lipinski definition) is 3. The summed E-state index contributed by atoms with van der Waals surface area (Å²) in [6.07, 6.45) is 0. The smallest absolute Gasteiger partial charge is 0.241 e. The van der Waals surface area contributed by atoms with Gasteiger partial charge >= 0.3 is 0 Å². The fourth-order valence-electron chi connectivity index (χ4n) is 2.70. The van der Waals surface area contributed by atoms with E-state index in [1.165, 1.54) is 12.1 Å². The molecule has 18 heavy (non-hydrogen) atoms. The lowest BCUT2D eigenvalue weighted by atomic mass is 10.2. The van der Waals surface area contributed by atoms with Crippen LogP contribution in [-0.4, -0.2) is 27.5 Å². The molecular formula is C12H15FN2O2S. The maximum absolute atomic E-state index is 13.2. The predicted octanol–water partition coefficient (Wildman–Crippen LogP) is 0.630. The molecule has 2 unspecified atom stereocenters. The number of sulfonamides is 1. The van der Waals surface area contributed by atoms with E-state index in [2.05, 4.69) is 10.0 Å². The molecule has 2 N–H and O–H groups in total. The first kappa shape index (κ1) is 12.1. The van der Waals surface area contributed by atoms with Crippen LogP contribution in [-0.2, 0) is 10.0 Å². The van der Waals surface area contributed by atoms with Crippen molar-refractivity contribution in [3.8, 4) is 0 Å². The molecule has 1 aromatic rings. The quantitative estimate of drug-likeness (QED) is 0.847. The predicted molar refractivity (Wildman–Crippen MR) is 65.1 cm³/mol. The molecule has 3 rings (SSSR count). The molecule has 98 valence electrons. The summed E-state index contributed by atoms with van der Waals surface area (Å²) in [5.41, 5.74) is 0.563. The average Bonchev–Trinajstić information content (AvgIpc) is 2.77. The van der Waals surface area contributed by atoms with Crippen molar-refractivity contribution in [2.45, 2.75) is 17.9 Å². The van der Waals surface area contributed by atoms with E-state index in [0.29, 0.717) is 17.4 Å². The fourth-order valence-corrected chi connectivity index (χ4v) is 4.29. The van der Waals surface area contributed by atoms with Gasteiger partial charge in [-0.3, -0.25) is 0 Å². The molecule has 1 saturated heterocycles. The SMILES string of the molecule is Cc1ccc(F)cc1S(=O)(=O)NC1C2CNCC21. The summed E-state index contributed by atoms with van der Waals surface area (Å²) in [5.74, 6) is 0.265. The number of hydrogen-bond donors (Lipinski definition) is 2. The first-order valence-corrected chi connectivity index (χ1v) is 7.46. The minimum absolute atomic E-state index is 0.0129. The van der Waals surface area contributed by atoms with Crippen LogP contribution >= 0.6 is 0 Å². The van der Waals surface area contributed by atoms with E-state index >= 15 is 0 Å². The Morgan fingerprint density at radius 3 is 2.67 bits per heavy atom. The van der Waals surface area contributed by atoms with Crippen molar-refractivity contribution in [1.82, 2.24) is 10.0 Å². The Kier molecular flexibility index (Phi) is 2.69. The number of rotatable bonds is 3. The standard InChI is InChI=1S/C12H15FN2O2S/c1-7-2-3-8(13)4-11(7)18(16,17)15-12-9-5-14-6-10(9)12/h2-4,9-10,12,14-15H,5-6H2,1H3. The number of benzene rings is 1. The normalized spacial score (nSPS) is 30.2. The van der Waals surface area contributed by atoms with E-state index < -0.39 is 15.8 Å². The second-order valence-corrected chi connectivity index (χ2v) is 6.73. The van der Waals surface area contributed by atoms with Crippen LogP contribution in [0.5, 0.6) is 0 Å². The van der Waals surface area contributed by atoms with Crippen molar-refractivity contribution >= 4 is 10.0 Å². The zero-order valence-electron chi connectivity index (χ0n) is 9.98. The molecule has 0 spiro atoms. The Hall–Kier alpha value is -0.980. The summed E-state index contributed by atoms with van der Waals surface area (Å²) in [4.78, 5) is 0.0421. The lowest BCUT2D eigenvalue weighted by Gasteiger charge is -2.11. The van der Waals surface area contributed by atoms with Crippen LogP contribution in [0, 0.1) is 24.6 Å². The molecule has 1 saturated carbocycles. The second-order valence-electron chi connectivity index (χ2n) is 5.04. The van der Waals surface area contributed by atoms with Gasteiger partial charge in [-0.1, -0.05) is 6.07 Å². The minimum atomic E-state index is -3.61. The molecule has 1 aromatic carbocycles. The zero-order valence-corrected chi connectivity index (χ0v) is 10.8. The van der Waals surface area contributed by atoms with Gasteiger partial charge in [0.2, 0.25) is 10.0 Å². The molecule has 4 nitrogen and oxygen atoms in total. The van der Waals surface area contributed by atoms with Gasteiger partial charge in [0.25, 0.3) is 0 Å². The van der Waals surface area contributed by atoms with Gasteiger partial charge in [-0.15, -0.1) is 0 Å². The Bertz CT molecular complexity index is 578. The van der Waals surface area contributed by atoms with Gasteiger partial charge in [0.1, 0.15) is 5.82 Å². The van der Waals surface area contributed by atoms with Crippen molar-refractivity contribution in [3.05, 3.63) is 29.6 Å². The van der Waals surface area contributed by atoms with Crippen LogP contribution in [0.15, 0.2) is 23.1 Å². The van der Waals surface area contributed by atoms with E-state index in [0.717, 1.165) is 19.2 Å². The number of halogens is 1. The van der Waals surface area contributed by atoms with Gasteiger partial charge in [0, 0.05) is 6.04 Å². The van der Waals surface area contributed by atoms with Gasteiger partial charge < -0.3 is 5.32 Å². The Morgan fingerprint density at radius 1 is 1.33 bits per heavy atom. The van der Waals surface area contributed by atoms with E-state index in [4.69, 9.17) is 0 Å². The third-order valence-corrected chi connectivity index (χ3v) is 5.42. The molecule has 1 aliphatic carbocycles. The van der Waals surface area contributed by atoms with Crippen LogP contribution < -0.4 is 10.0 Å². The van der Waals surface area contributed by atoms with Gasteiger partial charge in [0.05, 0.1) is 4.90 Å². The lowest BCUT2D eigenvalue weighted by Crippen LogP contribution is -2.33. The first-order valence-electron chi connectivity index (χ1n) is 5.98. The van der Waals surface area contributed by atoms with E-state index in [9.17, 15) is 12.8 Å². The van der Waals surface area contributed by atoms with Gasteiger partial charge in [-0.2, -0.15) is 0 Å². The molecule has 0 amide bonds. The second kappa shape index (κ2) is 4.01. The molecule has 0 aromatic heterocycles. The number of nitrogens with one attached hydrogen (secondary N) is 2. The van der Waals surface area contributed by atoms with Crippen molar-refractivity contribution in [1.29, 1.82) is 0 Å². The van der Waals surface area contributed by atoms with Crippen LogP contribution in [0.1, 0.15) is 5.56 Å². The van der Waals surface area contributed by atoms with Crippen molar-refractivity contribution in [3.63, 3.8) is 0 Å². The van der Waals surface area contributed by atoms with Crippen LogP contribution in [0.2, 0.25) is 0 Å². The molecule has 1 heterocycles. The summed E-state index contributed by atoms with van der Waals surface area (Å²) in [7, 11) is -3.61. The largest absolute Gasteiger partial charge is 0.316 e. The zero-order chi connectivity index (χ0) is 12.9. The monoisotopic (exact) mass is 270 g/mol. The van der Waals surface area contributed by atoms with Gasteiger partial charge in [-0.25, -0.2) is 17.5 Å². The molecule has 2 aliphatic rings. The maximum Gasteiger partial charge on any atom is 0.241 e. The lowest BCUT2D eigenvalue weighted by molar-refractivity contribution is 0.562. The minimum Gasteiger partial charge on any atom is -0.316 e. The summed E-state index contributed by atoms with van der Waals surface area (Å²) in [6.45, 7) is 3.39. The molecule has 2 atom stereocenters. The topological polar surface area (TPSA) is 58.2 Å². The highest BCUT2D eigenvalue weighted by Gasteiger charge is 2.54. The molecule has 2 fully saturated rings. The first-order chi connectivity index (χ1) is 8.49. The van der Waals surface area contributed by atoms with E-state index in [-0.39, 0.29) is 10.9 Å².